The van der Waals surface area contributed by atoms with Crippen LogP contribution >= 0.6 is 12.4 Å². The summed E-state index contributed by atoms with van der Waals surface area (Å²) in [6, 6.07) is 5.38. The van der Waals surface area contributed by atoms with Gasteiger partial charge in [-0.1, -0.05) is 0 Å². The molecule has 7 heteroatoms. The average molecular weight is 331 g/mol. The maximum atomic E-state index is 12.0. The molecule has 0 aliphatic carbocycles. The summed E-state index contributed by atoms with van der Waals surface area (Å²) in [6.07, 6.45) is 0.680. The monoisotopic (exact) mass is 330 g/mol. The molecule has 0 saturated carbocycles. The highest BCUT2D eigenvalue weighted by Gasteiger charge is 2.20. The maximum Gasteiger partial charge on any atom is 0.239 e. The number of morpholine rings is 1. The summed E-state index contributed by atoms with van der Waals surface area (Å²) in [7, 11) is 3.26. The molecule has 124 valence electrons. The molecule has 1 aliphatic rings. The molecule has 2 N–H and O–H groups in total. The molecule has 1 amide bonds. The molecule has 0 spiro atoms. The van der Waals surface area contributed by atoms with Gasteiger partial charge in [0.15, 0.2) is 0 Å². The lowest BCUT2D eigenvalue weighted by atomic mass is 10.1. The molecule has 1 aromatic carbocycles. The van der Waals surface area contributed by atoms with Gasteiger partial charge in [0, 0.05) is 13.1 Å². The number of nitrogens with one attached hydrogen (secondary N) is 2. The minimum atomic E-state index is -0.258. The fourth-order valence-corrected chi connectivity index (χ4v) is 2.25. The molecule has 6 nitrogen and oxygen atoms in total. The quantitative estimate of drug-likeness (QED) is 0.806. The van der Waals surface area contributed by atoms with E-state index in [-0.39, 0.29) is 24.4 Å². The van der Waals surface area contributed by atoms with E-state index in [1.807, 2.05) is 18.2 Å². The summed E-state index contributed by atoms with van der Waals surface area (Å²) in [5.41, 5.74) is 1.00. The van der Waals surface area contributed by atoms with E-state index in [1.54, 1.807) is 14.2 Å². The summed E-state index contributed by atoms with van der Waals surface area (Å²) in [6.45, 7) is 2.33. The lowest BCUT2D eigenvalue weighted by molar-refractivity contribution is -0.125. The second kappa shape index (κ2) is 9.50. The Morgan fingerprint density at radius 3 is 2.86 bits per heavy atom. The fraction of sp³-hybridized carbons (Fsp3) is 0.533. The molecule has 1 saturated heterocycles. The van der Waals surface area contributed by atoms with Gasteiger partial charge in [-0.25, -0.2) is 0 Å². The van der Waals surface area contributed by atoms with E-state index in [0.717, 1.165) is 17.1 Å². The second-order valence-corrected chi connectivity index (χ2v) is 4.80. The SMILES string of the molecule is COc1ccc(OC)c(CCNC(=O)C2COCCN2)c1.Cl. The Bertz CT molecular complexity index is 479. The van der Waals surface area contributed by atoms with Gasteiger partial charge in [0.2, 0.25) is 5.91 Å². The van der Waals surface area contributed by atoms with Crippen molar-refractivity contribution in [2.75, 3.05) is 40.5 Å². The van der Waals surface area contributed by atoms with Crippen LogP contribution in [0.25, 0.3) is 0 Å². The maximum absolute atomic E-state index is 12.0. The lowest BCUT2D eigenvalue weighted by Crippen LogP contribution is -2.51. The van der Waals surface area contributed by atoms with E-state index in [4.69, 9.17) is 14.2 Å². The fourth-order valence-electron chi connectivity index (χ4n) is 2.25. The Morgan fingerprint density at radius 1 is 1.41 bits per heavy atom. The van der Waals surface area contributed by atoms with Crippen LogP contribution < -0.4 is 20.1 Å². The zero-order chi connectivity index (χ0) is 15.1. The van der Waals surface area contributed by atoms with Crippen LogP contribution in [0.4, 0.5) is 0 Å². The van der Waals surface area contributed by atoms with Gasteiger partial charge in [-0.15, -0.1) is 12.4 Å². The highest BCUT2D eigenvalue weighted by atomic mass is 35.5. The van der Waals surface area contributed by atoms with Gasteiger partial charge in [-0.2, -0.15) is 0 Å². The number of ether oxygens (including phenoxy) is 3. The van der Waals surface area contributed by atoms with Gasteiger partial charge in [0.25, 0.3) is 0 Å². The van der Waals surface area contributed by atoms with Crippen LogP contribution in [0.3, 0.4) is 0 Å². The summed E-state index contributed by atoms with van der Waals surface area (Å²) in [4.78, 5) is 12.0. The molecule has 1 heterocycles. The molecule has 2 rings (SSSR count). The van der Waals surface area contributed by atoms with Crippen molar-refractivity contribution in [2.24, 2.45) is 0 Å². The van der Waals surface area contributed by atoms with Crippen LogP contribution in [0.1, 0.15) is 5.56 Å². The van der Waals surface area contributed by atoms with Crippen LogP contribution in [0.15, 0.2) is 18.2 Å². The molecule has 1 fully saturated rings. The minimum Gasteiger partial charge on any atom is -0.497 e. The predicted octanol–water partition coefficient (Wildman–Crippen LogP) is 0.773. The number of hydrogen-bond donors (Lipinski definition) is 2. The number of carbonyl (C=O) groups is 1. The van der Waals surface area contributed by atoms with E-state index in [1.165, 1.54) is 0 Å². The number of hydrogen-bond acceptors (Lipinski definition) is 5. The number of methoxy groups -OCH3 is 2. The molecule has 0 bridgehead atoms. The third-order valence-electron chi connectivity index (χ3n) is 3.42. The Hall–Kier alpha value is -1.50. The molecule has 1 aliphatic heterocycles. The van der Waals surface area contributed by atoms with Crippen LogP contribution in [0.5, 0.6) is 11.5 Å². The smallest absolute Gasteiger partial charge is 0.239 e. The Kier molecular flexibility index (Phi) is 8.01. The lowest BCUT2D eigenvalue weighted by Gasteiger charge is -2.23. The Balaban J connectivity index is 0.00000242. The third-order valence-corrected chi connectivity index (χ3v) is 3.42. The molecule has 1 unspecified atom stereocenters. The van der Waals surface area contributed by atoms with Gasteiger partial charge < -0.3 is 24.8 Å². The molecule has 0 radical (unpaired) electrons. The van der Waals surface area contributed by atoms with Crippen molar-refractivity contribution in [1.29, 1.82) is 0 Å². The first-order chi connectivity index (χ1) is 10.2. The average Bonchev–Trinajstić information content (AvgIpc) is 2.55. The summed E-state index contributed by atoms with van der Waals surface area (Å²) < 4.78 is 15.8. The summed E-state index contributed by atoms with van der Waals surface area (Å²) in [5, 5.41) is 6.04. The zero-order valence-electron chi connectivity index (χ0n) is 12.9. The van der Waals surface area contributed by atoms with Crippen LogP contribution in [-0.2, 0) is 16.0 Å². The van der Waals surface area contributed by atoms with Crippen molar-refractivity contribution >= 4 is 18.3 Å². The number of halogens is 1. The highest BCUT2D eigenvalue weighted by Crippen LogP contribution is 2.24. The van der Waals surface area contributed by atoms with E-state index >= 15 is 0 Å². The number of rotatable bonds is 6. The normalized spacial score (nSPS) is 17.3. The van der Waals surface area contributed by atoms with E-state index in [2.05, 4.69) is 10.6 Å². The Labute approximate surface area is 136 Å². The second-order valence-electron chi connectivity index (χ2n) is 4.80. The molecule has 0 aromatic heterocycles. The predicted molar refractivity (Wildman–Crippen MR) is 86.1 cm³/mol. The standard InChI is InChI=1S/C15H22N2O4.ClH/c1-19-12-3-4-14(20-2)11(9-12)5-6-17-15(18)13-10-21-8-7-16-13;/h3-4,9,13,16H,5-8,10H2,1-2H3,(H,17,18);1H. The molecule has 1 aromatic rings. The largest absolute Gasteiger partial charge is 0.497 e. The zero-order valence-corrected chi connectivity index (χ0v) is 13.7. The van der Waals surface area contributed by atoms with Crippen molar-refractivity contribution in [3.05, 3.63) is 23.8 Å². The first-order valence-electron chi connectivity index (χ1n) is 7.04. The van der Waals surface area contributed by atoms with Crippen molar-refractivity contribution in [2.45, 2.75) is 12.5 Å². The number of carbonyl (C=O) groups excluding carboxylic acids is 1. The first-order valence-corrected chi connectivity index (χ1v) is 7.04. The topological polar surface area (TPSA) is 68.8 Å². The molecule has 1 atom stereocenters. The van der Waals surface area contributed by atoms with Crippen molar-refractivity contribution in [3.8, 4) is 11.5 Å². The third kappa shape index (κ3) is 5.05. The van der Waals surface area contributed by atoms with Gasteiger partial charge in [-0.05, 0) is 30.2 Å². The Morgan fingerprint density at radius 2 is 2.23 bits per heavy atom. The van der Waals surface area contributed by atoms with E-state index in [0.29, 0.717) is 32.7 Å². The van der Waals surface area contributed by atoms with Crippen molar-refractivity contribution < 1.29 is 19.0 Å². The summed E-state index contributed by atoms with van der Waals surface area (Å²) >= 11 is 0. The molecule has 22 heavy (non-hydrogen) atoms. The van der Waals surface area contributed by atoms with Crippen molar-refractivity contribution in [1.82, 2.24) is 10.6 Å². The van der Waals surface area contributed by atoms with E-state index in [9.17, 15) is 4.79 Å². The molecular weight excluding hydrogens is 308 g/mol. The van der Waals surface area contributed by atoms with Crippen LogP contribution in [0, 0.1) is 0 Å². The van der Waals surface area contributed by atoms with Crippen LogP contribution in [0.2, 0.25) is 0 Å². The van der Waals surface area contributed by atoms with E-state index < -0.39 is 0 Å². The van der Waals surface area contributed by atoms with Crippen LogP contribution in [-0.4, -0.2) is 52.5 Å². The summed E-state index contributed by atoms with van der Waals surface area (Å²) in [5.74, 6) is 1.54. The van der Waals surface area contributed by atoms with Gasteiger partial charge in [0.05, 0.1) is 27.4 Å². The number of benzene rings is 1. The number of amides is 1. The van der Waals surface area contributed by atoms with Gasteiger partial charge >= 0.3 is 0 Å². The highest BCUT2D eigenvalue weighted by molar-refractivity contribution is 5.85. The first kappa shape index (κ1) is 18.5. The van der Waals surface area contributed by atoms with Gasteiger partial charge in [-0.3, -0.25) is 4.79 Å². The molecular formula is C15H23ClN2O4. The van der Waals surface area contributed by atoms with Gasteiger partial charge in [0.1, 0.15) is 17.5 Å². The van der Waals surface area contributed by atoms with Crippen molar-refractivity contribution in [3.63, 3.8) is 0 Å². The minimum absolute atomic E-state index is 0.